The fraction of sp³-hybridized carbons (Fsp3) is 0.250. The fourth-order valence-corrected chi connectivity index (χ4v) is 2.66. The maximum absolute atomic E-state index is 11.0. The molecule has 0 fully saturated rings. The summed E-state index contributed by atoms with van der Waals surface area (Å²) in [5, 5.41) is 9.52. The molecule has 1 heterocycles. The normalized spacial score (nSPS) is 14.8. The topological polar surface area (TPSA) is 172 Å². The van der Waals surface area contributed by atoms with Gasteiger partial charge in [0.15, 0.2) is 6.29 Å². The summed E-state index contributed by atoms with van der Waals surface area (Å²) in [6.45, 7) is 0.565. The zero-order valence-corrected chi connectivity index (χ0v) is 11.7. The highest BCUT2D eigenvalue weighted by Gasteiger charge is 2.16. The lowest BCUT2D eigenvalue weighted by Crippen LogP contribution is -2.19. The van der Waals surface area contributed by atoms with Crippen LogP contribution in [0.15, 0.2) is 6.20 Å². The number of aromatic nitrogens is 1. The van der Waals surface area contributed by atoms with Gasteiger partial charge in [-0.3, -0.25) is 18.7 Å². The summed E-state index contributed by atoms with van der Waals surface area (Å²) in [5.74, 6) is -0.471. The SMILES string of the molecule is Cc1ncc(COP(=O)([O-])OP(=O)([O-])[O-])c(C=O)c1O. The van der Waals surface area contributed by atoms with Crippen molar-refractivity contribution in [3.63, 3.8) is 0 Å². The van der Waals surface area contributed by atoms with E-state index in [9.17, 15) is 33.7 Å². The van der Waals surface area contributed by atoms with Crippen LogP contribution >= 0.6 is 15.6 Å². The van der Waals surface area contributed by atoms with Crippen molar-refractivity contribution in [3.05, 3.63) is 23.0 Å². The summed E-state index contributed by atoms with van der Waals surface area (Å²) in [4.78, 5) is 45.8. The van der Waals surface area contributed by atoms with Gasteiger partial charge in [0, 0.05) is 11.8 Å². The Labute approximate surface area is 112 Å². The number of hydrogen-bond acceptors (Lipinski definition) is 10. The van der Waals surface area contributed by atoms with Gasteiger partial charge >= 0.3 is 0 Å². The van der Waals surface area contributed by atoms with Crippen molar-refractivity contribution in [1.29, 1.82) is 0 Å². The van der Waals surface area contributed by atoms with Crippen molar-refractivity contribution >= 4 is 21.9 Å². The first-order valence-electron chi connectivity index (χ1n) is 4.87. The minimum absolute atomic E-state index is 0.126. The van der Waals surface area contributed by atoms with E-state index in [1.165, 1.54) is 6.92 Å². The fourth-order valence-electron chi connectivity index (χ4n) is 1.19. The minimum atomic E-state index is -5.78. The molecular weight excluding hydrogens is 316 g/mol. The van der Waals surface area contributed by atoms with Crippen molar-refractivity contribution in [3.8, 4) is 5.75 Å². The Kier molecular flexibility index (Phi) is 5.17. The van der Waals surface area contributed by atoms with Gasteiger partial charge < -0.3 is 28.9 Å². The number of carbonyl (C=O) groups is 1. The monoisotopic (exact) mass is 324 g/mol. The number of aldehydes is 1. The van der Waals surface area contributed by atoms with Gasteiger partial charge in [-0.25, -0.2) is 0 Å². The largest absolute Gasteiger partial charge is 0.790 e. The molecule has 20 heavy (non-hydrogen) atoms. The molecule has 0 aliphatic heterocycles. The number of nitrogens with zero attached hydrogens (tertiary/aromatic N) is 1. The van der Waals surface area contributed by atoms with Gasteiger partial charge in [0.2, 0.25) is 0 Å². The third kappa shape index (κ3) is 4.77. The molecule has 0 aliphatic rings. The molecule has 0 amide bonds. The lowest BCUT2D eigenvalue weighted by molar-refractivity contribution is -0.339. The first-order chi connectivity index (χ1) is 9.06. The predicted octanol–water partition coefficient (Wildman–Crippen LogP) is -1.26. The van der Waals surface area contributed by atoms with Crippen LogP contribution < -0.4 is 14.7 Å². The predicted molar refractivity (Wildman–Crippen MR) is 57.1 cm³/mol. The zero-order valence-electron chi connectivity index (χ0n) is 9.92. The van der Waals surface area contributed by atoms with E-state index in [0.29, 0.717) is 0 Å². The van der Waals surface area contributed by atoms with E-state index in [2.05, 4.69) is 13.8 Å². The number of phosphoric acid groups is 2. The maximum Gasteiger partial charge on any atom is 0.272 e. The molecule has 10 nitrogen and oxygen atoms in total. The second-order valence-electron chi connectivity index (χ2n) is 3.50. The van der Waals surface area contributed by atoms with Gasteiger partial charge in [0.1, 0.15) is 5.75 Å². The van der Waals surface area contributed by atoms with Gasteiger partial charge in [-0.2, -0.15) is 0 Å². The highest BCUT2D eigenvalue weighted by Crippen LogP contribution is 2.50. The van der Waals surface area contributed by atoms with Crippen LogP contribution in [0.2, 0.25) is 0 Å². The van der Waals surface area contributed by atoms with E-state index < -0.39 is 28.0 Å². The summed E-state index contributed by atoms with van der Waals surface area (Å²) in [6.07, 6.45) is 1.29. The number of aromatic hydroxyl groups is 1. The Morgan fingerprint density at radius 2 is 2.00 bits per heavy atom. The Morgan fingerprint density at radius 3 is 2.50 bits per heavy atom. The van der Waals surface area contributed by atoms with Crippen LogP contribution in [0, 0.1) is 6.92 Å². The highest BCUT2D eigenvalue weighted by molar-refractivity contribution is 7.58. The summed E-state index contributed by atoms with van der Waals surface area (Å²) >= 11 is 0. The first kappa shape index (κ1) is 16.9. The minimum Gasteiger partial charge on any atom is -0.790 e. The lowest BCUT2D eigenvalue weighted by atomic mass is 10.1. The molecule has 0 saturated heterocycles. The van der Waals surface area contributed by atoms with Crippen molar-refractivity contribution < 1.29 is 42.5 Å². The summed E-state index contributed by atoms with van der Waals surface area (Å²) in [7, 11) is -11.2. The first-order valence-corrected chi connectivity index (χ1v) is 7.79. The average molecular weight is 324 g/mol. The molecule has 1 aromatic heterocycles. The molecule has 0 aromatic carbocycles. The second kappa shape index (κ2) is 6.11. The number of aryl methyl sites for hydroxylation is 1. The molecule has 0 bridgehead atoms. The quantitative estimate of drug-likeness (QED) is 0.491. The van der Waals surface area contributed by atoms with Crippen LogP contribution in [0.25, 0.3) is 0 Å². The molecule has 1 rings (SSSR count). The average Bonchev–Trinajstić information content (AvgIpc) is 2.27. The van der Waals surface area contributed by atoms with Crippen LogP contribution in [0.5, 0.6) is 5.75 Å². The lowest BCUT2D eigenvalue weighted by Gasteiger charge is -2.35. The van der Waals surface area contributed by atoms with Crippen molar-refractivity contribution in [1.82, 2.24) is 4.98 Å². The van der Waals surface area contributed by atoms with Crippen molar-refractivity contribution in [2.45, 2.75) is 13.5 Å². The van der Waals surface area contributed by atoms with Crippen molar-refractivity contribution in [2.24, 2.45) is 0 Å². The Hall–Kier alpha value is -1.12. The standard InChI is InChI=1S/C8H11NO9P2/c1-5-8(11)7(3-10)6(2-9-5)4-17-20(15,16)18-19(12,13)14/h2-3,11H,4H2,1H3,(H,15,16)(H2,12,13,14)/p-3. The van der Waals surface area contributed by atoms with Crippen LogP contribution in [0.4, 0.5) is 0 Å². The molecular formula is C8H8NO9P2-3. The Balaban J connectivity index is 2.91. The van der Waals surface area contributed by atoms with Crippen molar-refractivity contribution in [2.75, 3.05) is 0 Å². The van der Waals surface area contributed by atoms with Crippen LogP contribution in [-0.4, -0.2) is 16.4 Å². The van der Waals surface area contributed by atoms with Gasteiger partial charge in [0.25, 0.3) is 7.82 Å². The molecule has 1 atom stereocenters. The number of rotatable bonds is 6. The summed E-state index contributed by atoms with van der Waals surface area (Å²) in [6, 6.07) is 0. The third-order valence-electron chi connectivity index (χ3n) is 2.05. The molecule has 12 heteroatoms. The number of pyridine rings is 1. The second-order valence-corrected chi connectivity index (χ2v) is 6.20. The Morgan fingerprint density at radius 1 is 1.40 bits per heavy atom. The third-order valence-corrected chi connectivity index (χ3v) is 4.10. The van der Waals surface area contributed by atoms with Gasteiger partial charge in [-0.05, 0) is 6.92 Å². The highest BCUT2D eigenvalue weighted by atomic mass is 31.3. The van der Waals surface area contributed by atoms with Gasteiger partial charge in [-0.15, -0.1) is 0 Å². The molecule has 1 N–H and O–H groups in total. The van der Waals surface area contributed by atoms with Gasteiger partial charge in [0.05, 0.1) is 25.7 Å². The molecule has 112 valence electrons. The molecule has 0 radical (unpaired) electrons. The van der Waals surface area contributed by atoms with Crippen LogP contribution in [0.1, 0.15) is 21.6 Å². The van der Waals surface area contributed by atoms with E-state index >= 15 is 0 Å². The maximum atomic E-state index is 11.0. The van der Waals surface area contributed by atoms with Crippen LogP contribution in [-0.2, 0) is 24.6 Å². The molecule has 1 aromatic rings. The molecule has 0 saturated carbocycles. The summed E-state index contributed by atoms with van der Waals surface area (Å²) in [5.41, 5.74) is -0.277. The molecule has 0 spiro atoms. The summed E-state index contributed by atoms with van der Waals surface area (Å²) < 4.78 is 28.5. The van der Waals surface area contributed by atoms with E-state index in [1.54, 1.807) is 0 Å². The number of carbonyl (C=O) groups excluding carboxylic acids is 1. The number of phosphoric ester groups is 1. The van der Waals surface area contributed by atoms with Crippen LogP contribution in [0.3, 0.4) is 0 Å². The number of hydrogen-bond donors (Lipinski definition) is 1. The van der Waals surface area contributed by atoms with E-state index in [0.717, 1.165) is 6.20 Å². The zero-order chi connectivity index (χ0) is 15.6. The van der Waals surface area contributed by atoms with E-state index in [1.807, 2.05) is 0 Å². The van der Waals surface area contributed by atoms with E-state index in [-0.39, 0.29) is 23.1 Å². The molecule has 1 unspecified atom stereocenters. The van der Waals surface area contributed by atoms with E-state index in [4.69, 9.17) is 0 Å². The van der Waals surface area contributed by atoms with Gasteiger partial charge in [-0.1, -0.05) is 0 Å². The molecule has 0 aliphatic carbocycles. The Bertz CT molecular complexity index is 610. The smallest absolute Gasteiger partial charge is 0.272 e.